The van der Waals surface area contributed by atoms with Gasteiger partial charge >= 0.3 is 6.09 Å². The molecule has 0 saturated heterocycles. The normalized spacial score (nSPS) is 10.0. The molecule has 21 heavy (non-hydrogen) atoms. The van der Waals surface area contributed by atoms with Crippen molar-refractivity contribution in [2.24, 2.45) is 0 Å². The second kappa shape index (κ2) is 7.15. The molecule has 0 unspecified atom stereocenters. The molecule has 0 bridgehead atoms. The molecule has 0 aliphatic heterocycles. The van der Waals surface area contributed by atoms with Crippen LogP contribution in [0.1, 0.15) is 6.92 Å². The van der Waals surface area contributed by atoms with Gasteiger partial charge in [-0.25, -0.2) is 9.78 Å². The van der Waals surface area contributed by atoms with E-state index in [1.165, 1.54) is 6.20 Å². The van der Waals surface area contributed by atoms with Crippen LogP contribution in [0.3, 0.4) is 0 Å². The zero-order chi connectivity index (χ0) is 15.2. The molecule has 0 atom stereocenters. The van der Waals surface area contributed by atoms with Gasteiger partial charge in [-0.15, -0.1) is 0 Å². The number of halogens is 2. The van der Waals surface area contributed by atoms with Crippen molar-refractivity contribution in [2.45, 2.75) is 6.92 Å². The average Bonchev–Trinajstić information content (AvgIpc) is 2.45. The minimum absolute atomic E-state index is 0.309. The van der Waals surface area contributed by atoms with Crippen LogP contribution in [0, 0.1) is 0 Å². The van der Waals surface area contributed by atoms with Gasteiger partial charge in [-0.05, 0) is 31.2 Å². The molecule has 0 aliphatic rings. The van der Waals surface area contributed by atoms with Gasteiger partial charge in [-0.2, -0.15) is 0 Å². The van der Waals surface area contributed by atoms with Gasteiger partial charge in [-0.3, -0.25) is 5.32 Å². The second-order valence-corrected chi connectivity index (χ2v) is 4.81. The molecule has 2 N–H and O–H groups in total. The van der Waals surface area contributed by atoms with Crippen LogP contribution in [0.5, 0.6) is 0 Å². The number of benzene rings is 1. The number of ether oxygens (including phenoxy) is 1. The fourth-order valence-electron chi connectivity index (χ4n) is 1.57. The standard InChI is InChI=1S/C14H13Cl2N3O2/c1-2-21-14(20)18-9-6-7-12(17-8-9)19-13-10(15)4-3-5-11(13)16/h3-8H,2H2,1H3,(H,17,19)(H,18,20). The van der Waals surface area contributed by atoms with E-state index in [1.54, 1.807) is 37.3 Å². The van der Waals surface area contributed by atoms with Crippen LogP contribution >= 0.6 is 23.2 Å². The zero-order valence-electron chi connectivity index (χ0n) is 11.2. The molecule has 1 amide bonds. The number of aromatic nitrogens is 1. The summed E-state index contributed by atoms with van der Waals surface area (Å²) < 4.78 is 4.77. The highest BCUT2D eigenvalue weighted by molar-refractivity contribution is 6.39. The van der Waals surface area contributed by atoms with Crippen LogP contribution in [-0.2, 0) is 4.74 Å². The van der Waals surface area contributed by atoms with Crippen molar-refractivity contribution in [2.75, 3.05) is 17.2 Å². The first-order valence-corrected chi connectivity index (χ1v) is 6.96. The fourth-order valence-corrected chi connectivity index (χ4v) is 2.06. The maximum atomic E-state index is 11.3. The van der Waals surface area contributed by atoms with E-state index >= 15 is 0 Å². The lowest BCUT2D eigenvalue weighted by Crippen LogP contribution is -2.13. The summed E-state index contributed by atoms with van der Waals surface area (Å²) in [4.78, 5) is 15.4. The Kier molecular flexibility index (Phi) is 5.25. The van der Waals surface area contributed by atoms with Crippen LogP contribution in [-0.4, -0.2) is 17.7 Å². The van der Waals surface area contributed by atoms with E-state index in [9.17, 15) is 4.79 Å². The molecule has 0 radical (unpaired) electrons. The third-order valence-electron chi connectivity index (χ3n) is 2.50. The largest absolute Gasteiger partial charge is 0.450 e. The van der Waals surface area contributed by atoms with E-state index in [2.05, 4.69) is 15.6 Å². The van der Waals surface area contributed by atoms with Gasteiger partial charge < -0.3 is 10.1 Å². The number of nitrogens with zero attached hydrogens (tertiary/aromatic N) is 1. The molecule has 0 aliphatic carbocycles. The summed E-state index contributed by atoms with van der Waals surface area (Å²) in [6, 6.07) is 8.60. The minimum atomic E-state index is -0.519. The Bertz CT molecular complexity index is 612. The third-order valence-corrected chi connectivity index (χ3v) is 3.13. The van der Waals surface area contributed by atoms with E-state index in [0.717, 1.165) is 0 Å². The smallest absolute Gasteiger partial charge is 0.411 e. The van der Waals surface area contributed by atoms with E-state index in [4.69, 9.17) is 27.9 Å². The Morgan fingerprint density at radius 1 is 1.24 bits per heavy atom. The van der Waals surface area contributed by atoms with E-state index < -0.39 is 6.09 Å². The van der Waals surface area contributed by atoms with Crippen LogP contribution in [0.15, 0.2) is 36.5 Å². The van der Waals surface area contributed by atoms with Crippen LogP contribution in [0.4, 0.5) is 22.0 Å². The van der Waals surface area contributed by atoms with E-state index in [-0.39, 0.29) is 0 Å². The number of pyridine rings is 1. The molecule has 2 rings (SSSR count). The number of carbonyl (C=O) groups excluding carboxylic acids is 1. The molecule has 0 spiro atoms. The summed E-state index contributed by atoms with van der Waals surface area (Å²) >= 11 is 12.1. The SMILES string of the molecule is CCOC(=O)Nc1ccc(Nc2c(Cl)cccc2Cl)nc1. The van der Waals surface area contributed by atoms with Crippen molar-refractivity contribution in [3.05, 3.63) is 46.6 Å². The van der Waals surface area contributed by atoms with Crippen molar-refractivity contribution in [1.82, 2.24) is 4.98 Å². The minimum Gasteiger partial charge on any atom is -0.450 e. The maximum absolute atomic E-state index is 11.3. The predicted molar refractivity (Wildman–Crippen MR) is 84.6 cm³/mol. The summed E-state index contributed by atoms with van der Waals surface area (Å²) in [5.74, 6) is 0.555. The number of rotatable bonds is 4. The van der Waals surface area contributed by atoms with Gasteiger partial charge in [-0.1, -0.05) is 29.3 Å². The first-order valence-electron chi connectivity index (χ1n) is 6.21. The molecule has 2 aromatic rings. The Morgan fingerprint density at radius 2 is 1.95 bits per heavy atom. The highest BCUT2D eigenvalue weighted by atomic mass is 35.5. The van der Waals surface area contributed by atoms with E-state index in [0.29, 0.717) is 33.8 Å². The molecule has 7 heteroatoms. The lowest BCUT2D eigenvalue weighted by Gasteiger charge is -2.10. The summed E-state index contributed by atoms with van der Waals surface area (Å²) in [6.07, 6.45) is 0.985. The number of hydrogen-bond acceptors (Lipinski definition) is 4. The van der Waals surface area contributed by atoms with Crippen LogP contribution in [0.2, 0.25) is 10.0 Å². The highest BCUT2D eigenvalue weighted by Gasteiger charge is 2.07. The Balaban J connectivity index is 2.07. The lowest BCUT2D eigenvalue weighted by atomic mass is 10.3. The summed E-state index contributed by atoms with van der Waals surface area (Å²) in [7, 11) is 0. The van der Waals surface area contributed by atoms with Gasteiger partial charge in [0.25, 0.3) is 0 Å². The molecule has 1 aromatic carbocycles. The molecule has 5 nitrogen and oxygen atoms in total. The molecule has 0 fully saturated rings. The van der Waals surface area contributed by atoms with Crippen LogP contribution in [0.25, 0.3) is 0 Å². The predicted octanol–water partition coefficient (Wildman–Crippen LogP) is 4.70. The van der Waals surface area contributed by atoms with Gasteiger partial charge in [0.1, 0.15) is 5.82 Å². The molecule has 1 aromatic heterocycles. The topological polar surface area (TPSA) is 63.2 Å². The Hall–Kier alpha value is -1.98. The number of para-hydroxylation sites is 1. The fraction of sp³-hybridized carbons (Fsp3) is 0.143. The lowest BCUT2D eigenvalue weighted by molar-refractivity contribution is 0.168. The van der Waals surface area contributed by atoms with Gasteiger partial charge in [0.15, 0.2) is 0 Å². The maximum Gasteiger partial charge on any atom is 0.411 e. The van der Waals surface area contributed by atoms with Crippen molar-refractivity contribution in [3.8, 4) is 0 Å². The summed E-state index contributed by atoms with van der Waals surface area (Å²) in [5, 5.41) is 6.58. The molecular formula is C14H13Cl2N3O2. The Morgan fingerprint density at radius 3 is 2.52 bits per heavy atom. The number of anilines is 3. The number of carbonyl (C=O) groups is 1. The number of nitrogens with one attached hydrogen (secondary N) is 2. The molecular weight excluding hydrogens is 313 g/mol. The quantitative estimate of drug-likeness (QED) is 0.855. The number of amides is 1. The first-order chi connectivity index (χ1) is 10.1. The number of hydrogen-bond donors (Lipinski definition) is 2. The van der Waals surface area contributed by atoms with Gasteiger partial charge in [0.05, 0.1) is 34.2 Å². The van der Waals surface area contributed by atoms with E-state index in [1.807, 2.05) is 0 Å². The van der Waals surface area contributed by atoms with Gasteiger partial charge in [0, 0.05) is 0 Å². The van der Waals surface area contributed by atoms with Crippen molar-refractivity contribution < 1.29 is 9.53 Å². The third kappa shape index (κ3) is 4.24. The van der Waals surface area contributed by atoms with Crippen molar-refractivity contribution in [1.29, 1.82) is 0 Å². The average molecular weight is 326 g/mol. The Labute approximate surface area is 132 Å². The first kappa shape index (κ1) is 15.4. The molecule has 0 saturated carbocycles. The van der Waals surface area contributed by atoms with Gasteiger partial charge in [0.2, 0.25) is 0 Å². The van der Waals surface area contributed by atoms with Crippen molar-refractivity contribution in [3.63, 3.8) is 0 Å². The molecule has 1 heterocycles. The highest BCUT2D eigenvalue weighted by Crippen LogP contribution is 2.32. The second-order valence-electron chi connectivity index (χ2n) is 4.00. The van der Waals surface area contributed by atoms with Crippen molar-refractivity contribution >= 4 is 46.5 Å². The van der Waals surface area contributed by atoms with Crippen LogP contribution < -0.4 is 10.6 Å². The summed E-state index contributed by atoms with van der Waals surface area (Å²) in [5.41, 5.74) is 1.11. The zero-order valence-corrected chi connectivity index (χ0v) is 12.7. The summed E-state index contributed by atoms with van der Waals surface area (Å²) in [6.45, 7) is 2.04. The molecule has 110 valence electrons. The monoisotopic (exact) mass is 325 g/mol.